The Morgan fingerprint density at radius 1 is 1.10 bits per heavy atom. The highest BCUT2D eigenvalue weighted by Gasteiger charge is 2.30. The van der Waals surface area contributed by atoms with Crippen LogP contribution in [0.5, 0.6) is 0 Å². The summed E-state index contributed by atoms with van der Waals surface area (Å²) in [7, 11) is -0.779. The lowest BCUT2D eigenvalue weighted by atomic mass is 10.1. The van der Waals surface area contributed by atoms with Gasteiger partial charge < -0.3 is 9.88 Å². The minimum Gasteiger partial charge on any atom is -0.382 e. The predicted octanol–water partition coefficient (Wildman–Crippen LogP) is 5.01. The molecule has 0 amide bonds. The summed E-state index contributed by atoms with van der Waals surface area (Å²) in [6.07, 6.45) is -2.13. The van der Waals surface area contributed by atoms with Gasteiger partial charge >= 0.3 is 6.18 Å². The average Bonchev–Trinajstić information content (AvgIpc) is 3.08. The fraction of sp³-hybridized carbons (Fsp3) is 0.318. The largest absolute Gasteiger partial charge is 0.406 e. The van der Waals surface area contributed by atoms with E-state index in [1.807, 2.05) is 6.07 Å². The first-order chi connectivity index (χ1) is 14.3. The summed E-state index contributed by atoms with van der Waals surface area (Å²) in [5.74, 6) is 1.27. The molecule has 0 bridgehead atoms. The summed E-state index contributed by atoms with van der Waals surface area (Å²) in [4.78, 5) is 10.9. The minimum atomic E-state index is -4.37. The molecule has 0 unspecified atom stereocenters. The van der Waals surface area contributed by atoms with Gasteiger partial charge in [-0.3, -0.25) is 9.00 Å². The number of fused-ring (bicyclic) bond motifs is 1. The van der Waals surface area contributed by atoms with Crippen molar-refractivity contribution in [1.29, 1.82) is 0 Å². The molecular formula is C22H21F3N2O2S. The van der Waals surface area contributed by atoms with Crippen LogP contribution in [0.3, 0.4) is 0 Å². The van der Waals surface area contributed by atoms with Gasteiger partial charge in [0, 0.05) is 50.7 Å². The summed E-state index contributed by atoms with van der Waals surface area (Å²) >= 11 is 0. The van der Waals surface area contributed by atoms with E-state index < -0.39 is 23.5 Å². The zero-order valence-electron chi connectivity index (χ0n) is 16.1. The van der Waals surface area contributed by atoms with Crippen LogP contribution in [0.4, 0.5) is 18.9 Å². The van der Waals surface area contributed by atoms with E-state index in [9.17, 15) is 22.2 Å². The number of nitrogens with zero attached hydrogens (tertiary/aromatic N) is 1. The molecule has 1 aliphatic rings. The first-order valence-electron chi connectivity index (χ1n) is 9.70. The van der Waals surface area contributed by atoms with Crippen LogP contribution in [0.15, 0.2) is 48.5 Å². The van der Waals surface area contributed by atoms with E-state index in [1.54, 1.807) is 42.5 Å². The molecule has 4 rings (SSSR count). The Labute approximate surface area is 174 Å². The molecule has 2 heterocycles. The van der Waals surface area contributed by atoms with Gasteiger partial charge in [0.25, 0.3) is 0 Å². The second-order valence-corrected chi connectivity index (χ2v) is 9.17. The van der Waals surface area contributed by atoms with Crippen LogP contribution in [0.1, 0.15) is 23.2 Å². The van der Waals surface area contributed by atoms with Gasteiger partial charge in [-0.25, -0.2) is 0 Å². The van der Waals surface area contributed by atoms with E-state index in [2.05, 4.69) is 5.32 Å². The van der Waals surface area contributed by atoms with Crippen LogP contribution in [-0.2, 0) is 17.3 Å². The Morgan fingerprint density at radius 2 is 1.80 bits per heavy atom. The number of halogens is 3. The number of rotatable bonds is 5. The quantitative estimate of drug-likeness (QED) is 0.575. The number of hydrogen-bond acceptors (Lipinski definition) is 3. The lowest BCUT2D eigenvalue weighted by molar-refractivity contribution is -0.139. The smallest absolute Gasteiger partial charge is 0.382 e. The van der Waals surface area contributed by atoms with Crippen molar-refractivity contribution < 1.29 is 22.2 Å². The number of hydrogen-bond donors (Lipinski definition) is 1. The highest BCUT2D eigenvalue weighted by molar-refractivity contribution is 7.85. The molecule has 1 saturated heterocycles. The summed E-state index contributed by atoms with van der Waals surface area (Å²) in [6.45, 7) is -1.10. The Morgan fingerprint density at radius 3 is 2.43 bits per heavy atom. The summed E-state index contributed by atoms with van der Waals surface area (Å²) < 4.78 is 53.0. The van der Waals surface area contributed by atoms with Crippen molar-refractivity contribution in [2.45, 2.75) is 31.6 Å². The molecule has 158 valence electrons. The van der Waals surface area contributed by atoms with Crippen molar-refractivity contribution in [3.63, 3.8) is 0 Å². The average molecular weight is 434 g/mol. The molecular weight excluding hydrogens is 413 g/mol. The van der Waals surface area contributed by atoms with Crippen LogP contribution in [0.2, 0.25) is 0 Å². The minimum absolute atomic E-state index is 0.148. The molecule has 1 fully saturated rings. The second-order valence-electron chi connectivity index (χ2n) is 7.48. The summed E-state index contributed by atoms with van der Waals surface area (Å²) in [5.41, 5.74) is 2.79. The predicted molar refractivity (Wildman–Crippen MR) is 113 cm³/mol. The SMILES string of the molecule is O=Cc1ccc(-c2cc3c(NC4CCS(=O)CC4)cccc3n2CC(F)(F)F)cc1. The monoisotopic (exact) mass is 434 g/mol. The van der Waals surface area contributed by atoms with Crippen LogP contribution < -0.4 is 5.32 Å². The molecule has 0 aliphatic carbocycles. The second kappa shape index (κ2) is 8.26. The number of nitrogens with one attached hydrogen (secondary N) is 1. The van der Waals surface area contributed by atoms with Crippen LogP contribution in [0, 0.1) is 0 Å². The third-order valence-corrected chi connectivity index (χ3v) is 6.76. The Hall–Kier alpha value is -2.61. The molecule has 3 aromatic rings. The molecule has 30 heavy (non-hydrogen) atoms. The van der Waals surface area contributed by atoms with Crippen molar-refractivity contribution in [2.24, 2.45) is 0 Å². The number of carbonyl (C=O) groups excluding carboxylic acids is 1. The van der Waals surface area contributed by atoms with Gasteiger partial charge in [0.2, 0.25) is 0 Å². The molecule has 4 nitrogen and oxygen atoms in total. The van der Waals surface area contributed by atoms with Crippen molar-refractivity contribution in [3.05, 3.63) is 54.1 Å². The Balaban J connectivity index is 1.78. The van der Waals surface area contributed by atoms with E-state index in [0.29, 0.717) is 45.5 Å². The van der Waals surface area contributed by atoms with Crippen LogP contribution in [-0.4, -0.2) is 38.8 Å². The summed E-state index contributed by atoms with van der Waals surface area (Å²) in [5, 5.41) is 4.15. The molecule has 1 N–H and O–H groups in total. The van der Waals surface area contributed by atoms with Gasteiger partial charge in [0.1, 0.15) is 12.8 Å². The molecule has 2 aromatic carbocycles. The summed E-state index contributed by atoms with van der Waals surface area (Å²) in [6, 6.07) is 13.7. The van der Waals surface area contributed by atoms with Crippen LogP contribution >= 0.6 is 0 Å². The van der Waals surface area contributed by atoms with E-state index in [-0.39, 0.29) is 6.04 Å². The lowest BCUT2D eigenvalue weighted by Gasteiger charge is -2.24. The highest BCUT2D eigenvalue weighted by atomic mass is 32.2. The lowest BCUT2D eigenvalue weighted by Crippen LogP contribution is -2.29. The van der Waals surface area contributed by atoms with E-state index in [0.717, 1.165) is 18.5 Å². The number of benzene rings is 2. The maximum absolute atomic E-state index is 13.4. The van der Waals surface area contributed by atoms with Crippen molar-refractivity contribution in [3.8, 4) is 11.3 Å². The van der Waals surface area contributed by atoms with Gasteiger partial charge in [-0.2, -0.15) is 13.2 Å². The zero-order chi connectivity index (χ0) is 21.3. The van der Waals surface area contributed by atoms with Gasteiger partial charge in [-0.05, 0) is 36.6 Å². The number of carbonyl (C=O) groups is 1. The number of aldehydes is 1. The normalized spacial score (nSPS) is 19.7. The van der Waals surface area contributed by atoms with E-state index in [4.69, 9.17) is 0 Å². The molecule has 0 spiro atoms. The molecule has 0 radical (unpaired) electrons. The maximum atomic E-state index is 13.4. The highest BCUT2D eigenvalue weighted by Crippen LogP contribution is 2.35. The van der Waals surface area contributed by atoms with Gasteiger partial charge in [0.15, 0.2) is 0 Å². The van der Waals surface area contributed by atoms with Gasteiger partial charge in [-0.1, -0.05) is 30.3 Å². The first kappa shape index (κ1) is 20.7. The molecule has 1 aromatic heterocycles. The molecule has 0 saturated carbocycles. The van der Waals surface area contributed by atoms with Gasteiger partial charge in [0.05, 0.1) is 5.52 Å². The van der Waals surface area contributed by atoms with Crippen LogP contribution in [0.25, 0.3) is 22.2 Å². The Bertz CT molecular complexity index is 1080. The fourth-order valence-electron chi connectivity index (χ4n) is 3.89. The number of alkyl halides is 3. The Kier molecular flexibility index (Phi) is 5.69. The molecule has 1 aliphatic heterocycles. The molecule has 0 atom stereocenters. The van der Waals surface area contributed by atoms with Gasteiger partial charge in [-0.15, -0.1) is 0 Å². The van der Waals surface area contributed by atoms with Crippen molar-refractivity contribution >= 4 is 33.7 Å². The van der Waals surface area contributed by atoms with Crippen molar-refractivity contribution in [1.82, 2.24) is 4.57 Å². The topological polar surface area (TPSA) is 51.1 Å². The van der Waals surface area contributed by atoms with E-state index in [1.165, 1.54) is 4.57 Å². The van der Waals surface area contributed by atoms with Crippen molar-refractivity contribution in [2.75, 3.05) is 16.8 Å². The third-order valence-electron chi connectivity index (χ3n) is 5.37. The third kappa shape index (κ3) is 4.43. The number of aromatic nitrogens is 1. The van der Waals surface area contributed by atoms with E-state index >= 15 is 0 Å². The standard InChI is InChI=1S/C22H21F3N2O2S/c23-22(24,25)14-27-20-3-1-2-19(26-17-8-10-30(29)11-9-17)18(20)12-21(27)16-6-4-15(13-28)5-7-16/h1-7,12-13,17,26H,8-11,14H2. The fourth-order valence-corrected chi connectivity index (χ4v) is 5.19. The molecule has 8 heteroatoms. The maximum Gasteiger partial charge on any atom is 0.406 e. The zero-order valence-corrected chi connectivity index (χ0v) is 16.9. The number of anilines is 1. The first-order valence-corrected chi connectivity index (χ1v) is 11.2.